The van der Waals surface area contributed by atoms with Gasteiger partial charge in [0.25, 0.3) is 0 Å². The number of furan rings is 1. The first-order chi connectivity index (χ1) is 6.84. The van der Waals surface area contributed by atoms with Crippen molar-refractivity contribution < 1.29 is 4.42 Å². The molecule has 0 atom stereocenters. The average Bonchev–Trinajstić information content (AvgIpc) is 2.56. The summed E-state index contributed by atoms with van der Waals surface area (Å²) in [4.78, 5) is 4.14. The molecule has 0 spiro atoms. The Morgan fingerprint density at radius 2 is 2.07 bits per heavy atom. The average molecular weight is 204 g/mol. The molecule has 2 aromatic heterocycles. The number of halogens is 1. The van der Waals surface area contributed by atoms with Gasteiger partial charge in [-0.3, -0.25) is 0 Å². The molecular weight excluding hydrogens is 198 g/mol. The zero-order valence-corrected chi connectivity index (χ0v) is 7.95. The molecule has 3 heteroatoms. The zero-order chi connectivity index (χ0) is 9.54. The van der Waals surface area contributed by atoms with Crippen molar-refractivity contribution in [1.29, 1.82) is 0 Å². The van der Waals surface area contributed by atoms with E-state index >= 15 is 0 Å². The van der Waals surface area contributed by atoms with Gasteiger partial charge in [-0.1, -0.05) is 11.6 Å². The summed E-state index contributed by atoms with van der Waals surface area (Å²) in [6.07, 6.45) is 1.71. The van der Waals surface area contributed by atoms with E-state index < -0.39 is 0 Å². The van der Waals surface area contributed by atoms with Crippen molar-refractivity contribution in [2.45, 2.75) is 0 Å². The van der Waals surface area contributed by atoms with Crippen LogP contribution in [0, 0.1) is 0 Å². The molecule has 0 bridgehead atoms. The number of rotatable bonds is 0. The van der Waals surface area contributed by atoms with Crippen LogP contribution in [0.2, 0.25) is 5.02 Å². The predicted molar refractivity (Wildman–Crippen MR) is 56.5 cm³/mol. The Kier molecular flexibility index (Phi) is 1.52. The molecule has 1 aromatic carbocycles. The molecular formula is C11H6ClNO. The Labute approximate surface area is 85.1 Å². The maximum atomic E-state index is 5.91. The molecule has 68 valence electrons. The van der Waals surface area contributed by atoms with Gasteiger partial charge in [0.15, 0.2) is 0 Å². The largest absolute Gasteiger partial charge is 0.438 e. The number of aromatic nitrogens is 1. The minimum Gasteiger partial charge on any atom is -0.438 e. The molecule has 0 aliphatic carbocycles. The molecule has 0 unspecified atom stereocenters. The standard InChI is InChI=1S/C11H6ClNO/c12-7-3-4-10-9(6-7)8-2-1-5-13-11(8)14-10/h1-6H. The minimum atomic E-state index is 0.657. The monoisotopic (exact) mass is 203 g/mol. The Bertz CT molecular complexity index is 615. The summed E-state index contributed by atoms with van der Waals surface area (Å²) in [5, 5.41) is 2.73. The van der Waals surface area contributed by atoms with Gasteiger partial charge < -0.3 is 4.42 Å². The van der Waals surface area contributed by atoms with Gasteiger partial charge in [0.05, 0.1) is 0 Å². The van der Waals surface area contributed by atoms with Gasteiger partial charge in [-0.15, -0.1) is 0 Å². The summed E-state index contributed by atoms with van der Waals surface area (Å²) < 4.78 is 5.54. The van der Waals surface area contributed by atoms with Gasteiger partial charge in [-0.05, 0) is 30.3 Å². The summed E-state index contributed by atoms with van der Waals surface area (Å²) >= 11 is 5.91. The van der Waals surface area contributed by atoms with Crippen LogP contribution in [0.5, 0.6) is 0 Å². The third-order valence-electron chi connectivity index (χ3n) is 2.21. The van der Waals surface area contributed by atoms with Crippen molar-refractivity contribution in [2.75, 3.05) is 0 Å². The molecule has 14 heavy (non-hydrogen) atoms. The van der Waals surface area contributed by atoms with Crippen molar-refractivity contribution in [3.63, 3.8) is 0 Å². The topological polar surface area (TPSA) is 26.0 Å². The molecule has 0 N–H and O–H groups in total. The molecule has 0 saturated heterocycles. The van der Waals surface area contributed by atoms with Crippen LogP contribution in [0.1, 0.15) is 0 Å². The number of nitrogens with zero attached hydrogens (tertiary/aromatic N) is 1. The number of hydrogen-bond donors (Lipinski definition) is 0. The van der Waals surface area contributed by atoms with Gasteiger partial charge in [0, 0.05) is 22.0 Å². The highest BCUT2D eigenvalue weighted by Gasteiger charge is 2.06. The fourth-order valence-corrected chi connectivity index (χ4v) is 1.76. The van der Waals surface area contributed by atoms with E-state index in [0.29, 0.717) is 10.7 Å². The summed E-state index contributed by atoms with van der Waals surface area (Å²) in [5.74, 6) is 0. The van der Waals surface area contributed by atoms with Crippen LogP contribution < -0.4 is 0 Å². The van der Waals surface area contributed by atoms with Gasteiger partial charge in [0.1, 0.15) is 5.58 Å². The van der Waals surface area contributed by atoms with Gasteiger partial charge in [-0.25, -0.2) is 4.98 Å². The van der Waals surface area contributed by atoms with Gasteiger partial charge >= 0.3 is 0 Å². The quantitative estimate of drug-likeness (QED) is 0.558. The number of hydrogen-bond acceptors (Lipinski definition) is 2. The second kappa shape index (κ2) is 2.72. The highest BCUT2D eigenvalue weighted by atomic mass is 35.5. The van der Waals surface area contributed by atoms with Crippen molar-refractivity contribution in [2.24, 2.45) is 0 Å². The van der Waals surface area contributed by atoms with Crippen molar-refractivity contribution in [3.05, 3.63) is 41.6 Å². The first-order valence-electron chi connectivity index (χ1n) is 4.27. The van der Waals surface area contributed by atoms with Crippen LogP contribution in [0.3, 0.4) is 0 Å². The summed E-state index contributed by atoms with van der Waals surface area (Å²) in [7, 11) is 0. The number of fused-ring (bicyclic) bond motifs is 3. The number of benzene rings is 1. The van der Waals surface area contributed by atoms with E-state index in [9.17, 15) is 0 Å². The van der Waals surface area contributed by atoms with Gasteiger partial charge in [0.2, 0.25) is 5.71 Å². The van der Waals surface area contributed by atoms with Crippen LogP contribution in [0.15, 0.2) is 40.9 Å². The van der Waals surface area contributed by atoms with Gasteiger partial charge in [-0.2, -0.15) is 0 Å². The third kappa shape index (κ3) is 1.01. The molecule has 0 saturated carbocycles. The van der Waals surface area contributed by atoms with E-state index in [0.717, 1.165) is 16.4 Å². The predicted octanol–water partition coefficient (Wildman–Crippen LogP) is 3.63. The van der Waals surface area contributed by atoms with E-state index in [1.54, 1.807) is 6.20 Å². The van der Waals surface area contributed by atoms with E-state index in [1.165, 1.54) is 0 Å². The second-order valence-corrected chi connectivity index (χ2v) is 3.54. The third-order valence-corrected chi connectivity index (χ3v) is 2.44. The number of pyridine rings is 1. The summed E-state index contributed by atoms with van der Waals surface area (Å²) in [5.41, 5.74) is 1.48. The highest BCUT2D eigenvalue weighted by Crippen LogP contribution is 2.28. The fraction of sp³-hybridized carbons (Fsp3) is 0. The van der Waals surface area contributed by atoms with Crippen LogP contribution in [-0.4, -0.2) is 4.98 Å². The smallest absolute Gasteiger partial charge is 0.227 e. The maximum Gasteiger partial charge on any atom is 0.227 e. The van der Waals surface area contributed by atoms with E-state index in [1.807, 2.05) is 30.3 Å². The van der Waals surface area contributed by atoms with Crippen molar-refractivity contribution in [3.8, 4) is 0 Å². The molecule has 0 aliphatic rings. The molecule has 0 amide bonds. The second-order valence-electron chi connectivity index (χ2n) is 3.10. The molecule has 0 radical (unpaired) electrons. The fourth-order valence-electron chi connectivity index (χ4n) is 1.58. The summed E-state index contributed by atoms with van der Waals surface area (Å²) in [6.45, 7) is 0. The molecule has 0 aliphatic heterocycles. The van der Waals surface area contributed by atoms with Crippen LogP contribution in [0.25, 0.3) is 22.1 Å². The minimum absolute atomic E-state index is 0.657. The van der Waals surface area contributed by atoms with Crippen molar-refractivity contribution in [1.82, 2.24) is 4.98 Å². The van der Waals surface area contributed by atoms with Crippen LogP contribution >= 0.6 is 11.6 Å². The lowest BCUT2D eigenvalue weighted by atomic mass is 10.2. The molecule has 3 aromatic rings. The summed E-state index contributed by atoms with van der Waals surface area (Å²) in [6, 6.07) is 9.43. The van der Waals surface area contributed by atoms with E-state index in [2.05, 4.69) is 4.98 Å². The zero-order valence-electron chi connectivity index (χ0n) is 7.20. The van der Waals surface area contributed by atoms with Crippen molar-refractivity contribution >= 4 is 33.7 Å². The molecule has 2 heterocycles. The lowest BCUT2D eigenvalue weighted by Crippen LogP contribution is -1.69. The SMILES string of the molecule is Clc1ccc2oc3ncccc3c2c1. The highest BCUT2D eigenvalue weighted by molar-refractivity contribution is 6.31. The lowest BCUT2D eigenvalue weighted by molar-refractivity contribution is 0.654. The molecule has 3 rings (SSSR count). The van der Waals surface area contributed by atoms with Crippen LogP contribution in [-0.2, 0) is 0 Å². The lowest BCUT2D eigenvalue weighted by Gasteiger charge is -1.88. The Morgan fingerprint density at radius 3 is 3.00 bits per heavy atom. The first kappa shape index (κ1) is 7.83. The van der Waals surface area contributed by atoms with E-state index in [-0.39, 0.29) is 0 Å². The Morgan fingerprint density at radius 1 is 1.14 bits per heavy atom. The van der Waals surface area contributed by atoms with E-state index in [4.69, 9.17) is 16.0 Å². The Hall–Kier alpha value is -1.54. The normalized spacial score (nSPS) is 11.2. The first-order valence-corrected chi connectivity index (χ1v) is 4.65. The Balaban J connectivity index is 2.58. The molecule has 0 fully saturated rings. The molecule has 2 nitrogen and oxygen atoms in total. The maximum absolute atomic E-state index is 5.91. The van der Waals surface area contributed by atoms with Crippen LogP contribution in [0.4, 0.5) is 0 Å².